The van der Waals surface area contributed by atoms with Crippen molar-refractivity contribution in [2.45, 2.75) is 83.6 Å². The Labute approximate surface area is 122 Å². The van der Waals surface area contributed by atoms with Gasteiger partial charge >= 0.3 is 0 Å². The average molecular weight is 282 g/mol. The van der Waals surface area contributed by atoms with Gasteiger partial charge in [-0.15, -0.1) is 0 Å². The normalized spacial score (nSPS) is 12.7. The van der Waals surface area contributed by atoms with Crippen molar-refractivity contribution < 1.29 is 9.72 Å². The fourth-order valence-electron chi connectivity index (χ4n) is 2.12. The third-order valence-electron chi connectivity index (χ3n) is 3.38. The third kappa shape index (κ3) is 11.9. The molecule has 0 aliphatic heterocycles. The van der Waals surface area contributed by atoms with Gasteiger partial charge in [-0.05, 0) is 31.8 Å². The number of carbonyl (C=O) groups excluding carboxylic acids is 1. The zero-order chi connectivity index (χ0) is 15.1. The SMILES string of the molecule is CCCCC/C=C/C(CCCCCCC[C]=O)[N+](=O)[O-]. The number of nitrogens with zero attached hydrogens (tertiary/aromatic N) is 1. The fourth-order valence-corrected chi connectivity index (χ4v) is 2.12. The molecule has 0 saturated heterocycles. The van der Waals surface area contributed by atoms with Gasteiger partial charge in [0.2, 0.25) is 6.04 Å². The van der Waals surface area contributed by atoms with Crippen molar-refractivity contribution in [3.05, 3.63) is 22.3 Å². The van der Waals surface area contributed by atoms with Gasteiger partial charge in [-0.2, -0.15) is 0 Å². The molecule has 0 aromatic carbocycles. The van der Waals surface area contributed by atoms with Crippen LogP contribution in [0.25, 0.3) is 0 Å². The molecule has 0 N–H and O–H groups in total. The molecule has 1 radical (unpaired) electrons. The van der Waals surface area contributed by atoms with Crippen LogP contribution < -0.4 is 0 Å². The van der Waals surface area contributed by atoms with Gasteiger partial charge in [0.25, 0.3) is 0 Å². The highest BCUT2D eigenvalue weighted by atomic mass is 16.6. The first-order valence-electron chi connectivity index (χ1n) is 7.87. The summed E-state index contributed by atoms with van der Waals surface area (Å²) in [5, 5.41) is 10.9. The van der Waals surface area contributed by atoms with Crippen molar-refractivity contribution in [1.82, 2.24) is 0 Å². The molecule has 115 valence electrons. The topological polar surface area (TPSA) is 60.2 Å². The minimum absolute atomic E-state index is 0.183. The van der Waals surface area contributed by atoms with Crippen LogP contribution in [-0.4, -0.2) is 17.3 Å². The van der Waals surface area contributed by atoms with E-state index in [1.54, 1.807) is 6.08 Å². The van der Waals surface area contributed by atoms with Crippen LogP contribution in [0.2, 0.25) is 0 Å². The van der Waals surface area contributed by atoms with E-state index in [0.717, 1.165) is 44.9 Å². The summed E-state index contributed by atoms with van der Waals surface area (Å²) >= 11 is 0. The monoisotopic (exact) mass is 282 g/mol. The largest absolute Gasteiger partial charge is 0.291 e. The summed E-state index contributed by atoms with van der Waals surface area (Å²) in [5.41, 5.74) is 0. The predicted octanol–water partition coefficient (Wildman–Crippen LogP) is 4.61. The minimum Gasteiger partial charge on any atom is -0.291 e. The summed E-state index contributed by atoms with van der Waals surface area (Å²) in [7, 11) is 0. The first kappa shape index (κ1) is 18.8. The van der Waals surface area contributed by atoms with Gasteiger partial charge in [0, 0.05) is 17.8 Å². The number of nitro groups is 1. The molecule has 0 heterocycles. The lowest BCUT2D eigenvalue weighted by Crippen LogP contribution is -2.16. The van der Waals surface area contributed by atoms with E-state index in [1.807, 2.05) is 12.4 Å². The molecule has 4 heteroatoms. The van der Waals surface area contributed by atoms with E-state index in [9.17, 15) is 14.9 Å². The lowest BCUT2D eigenvalue weighted by molar-refractivity contribution is -0.510. The standard InChI is InChI=1S/C16H28NO3/c1-2-3-4-7-10-13-16(17(19)20)14-11-8-5-6-9-12-15-18/h10,13,16H,2-9,11-12,14H2,1H3/b13-10+. The maximum atomic E-state index is 10.9. The molecule has 1 atom stereocenters. The third-order valence-corrected chi connectivity index (χ3v) is 3.38. The van der Waals surface area contributed by atoms with E-state index in [-0.39, 0.29) is 4.92 Å². The maximum Gasteiger partial charge on any atom is 0.231 e. The van der Waals surface area contributed by atoms with Crippen molar-refractivity contribution in [2.24, 2.45) is 0 Å². The number of rotatable bonds is 14. The summed E-state index contributed by atoms with van der Waals surface area (Å²) in [6.07, 6.45) is 16.0. The first-order chi connectivity index (χ1) is 9.72. The molecule has 0 fully saturated rings. The maximum absolute atomic E-state index is 10.9. The van der Waals surface area contributed by atoms with Crippen LogP contribution in [0.15, 0.2) is 12.2 Å². The number of unbranched alkanes of at least 4 members (excludes halogenated alkanes) is 8. The van der Waals surface area contributed by atoms with E-state index in [2.05, 4.69) is 6.92 Å². The van der Waals surface area contributed by atoms with E-state index in [1.165, 1.54) is 12.8 Å². The van der Waals surface area contributed by atoms with Gasteiger partial charge in [-0.3, -0.25) is 14.9 Å². The highest BCUT2D eigenvalue weighted by molar-refractivity contribution is 5.50. The van der Waals surface area contributed by atoms with E-state index in [0.29, 0.717) is 12.8 Å². The first-order valence-corrected chi connectivity index (χ1v) is 7.87. The lowest BCUT2D eigenvalue weighted by Gasteiger charge is -2.05. The predicted molar refractivity (Wildman–Crippen MR) is 82.1 cm³/mol. The second-order valence-electron chi connectivity index (χ2n) is 5.23. The van der Waals surface area contributed by atoms with Crippen LogP contribution in [0.1, 0.15) is 77.6 Å². The number of allylic oxidation sites excluding steroid dienone is 1. The average Bonchev–Trinajstić information content (AvgIpc) is 2.43. The zero-order valence-electron chi connectivity index (χ0n) is 12.7. The number of hydrogen-bond donors (Lipinski definition) is 0. The molecule has 0 aliphatic rings. The van der Waals surface area contributed by atoms with E-state index < -0.39 is 6.04 Å². The van der Waals surface area contributed by atoms with Crippen molar-refractivity contribution >= 4 is 6.29 Å². The van der Waals surface area contributed by atoms with Gasteiger partial charge in [-0.25, -0.2) is 0 Å². The Balaban J connectivity index is 3.69. The molecule has 0 bridgehead atoms. The zero-order valence-corrected chi connectivity index (χ0v) is 12.7. The Morgan fingerprint density at radius 3 is 2.45 bits per heavy atom. The Morgan fingerprint density at radius 1 is 1.10 bits per heavy atom. The van der Waals surface area contributed by atoms with Gasteiger partial charge in [0.1, 0.15) is 0 Å². The van der Waals surface area contributed by atoms with Crippen LogP contribution in [0.3, 0.4) is 0 Å². The Bertz CT molecular complexity index is 277. The molecular formula is C16H28NO3. The van der Waals surface area contributed by atoms with Gasteiger partial charge in [-0.1, -0.05) is 45.1 Å². The molecule has 0 aliphatic carbocycles. The second-order valence-corrected chi connectivity index (χ2v) is 5.23. The Morgan fingerprint density at radius 2 is 1.80 bits per heavy atom. The molecule has 1 unspecified atom stereocenters. The summed E-state index contributed by atoms with van der Waals surface area (Å²) in [5.74, 6) is 0. The van der Waals surface area contributed by atoms with Crippen molar-refractivity contribution in [1.29, 1.82) is 0 Å². The summed E-state index contributed by atoms with van der Waals surface area (Å²) < 4.78 is 0. The molecule has 0 aromatic heterocycles. The molecule has 4 nitrogen and oxygen atoms in total. The highest BCUT2D eigenvalue weighted by Gasteiger charge is 2.14. The van der Waals surface area contributed by atoms with Gasteiger partial charge < -0.3 is 0 Å². The molecule has 0 rings (SSSR count). The fraction of sp³-hybridized carbons (Fsp3) is 0.812. The van der Waals surface area contributed by atoms with Crippen LogP contribution in [0.4, 0.5) is 0 Å². The molecular weight excluding hydrogens is 254 g/mol. The second kappa shape index (κ2) is 14.2. The van der Waals surface area contributed by atoms with Crippen LogP contribution >= 0.6 is 0 Å². The van der Waals surface area contributed by atoms with Crippen molar-refractivity contribution in [3.8, 4) is 0 Å². The van der Waals surface area contributed by atoms with Crippen LogP contribution in [0, 0.1) is 10.1 Å². The summed E-state index contributed by atoms with van der Waals surface area (Å²) in [4.78, 5) is 20.8. The molecule has 0 saturated carbocycles. The quantitative estimate of drug-likeness (QED) is 0.202. The van der Waals surface area contributed by atoms with Gasteiger partial charge in [0.05, 0.1) is 0 Å². The molecule has 20 heavy (non-hydrogen) atoms. The smallest absolute Gasteiger partial charge is 0.231 e. The highest BCUT2D eigenvalue weighted by Crippen LogP contribution is 2.11. The van der Waals surface area contributed by atoms with Crippen molar-refractivity contribution in [2.75, 3.05) is 0 Å². The summed E-state index contributed by atoms with van der Waals surface area (Å²) in [6.45, 7) is 2.15. The minimum atomic E-state index is -0.528. The van der Waals surface area contributed by atoms with Crippen LogP contribution in [0.5, 0.6) is 0 Å². The van der Waals surface area contributed by atoms with Crippen molar-refractivity contribution in [3.63, 3.8) is 0 Å². The molecule has 0 spiro atoms. The lowest BCUT2D eigenvalue weighted by atomic mass is 10.1. The molecule has 0 amide bonds. The number of hydrogen-bond acceptors (Lipinski definition) is 3. The van der Waals surface area contributed by atoms with Crippen LogP contribution in [-0.2, 0) is 4.79 Å². The van der Waals surface area contributed by atoms with E-state index in [4.69, 9.17) is 0 Å². The Kier molecular flexibility index (Phi) is 13.4. The van der Waals surface area contributed by atoms with Gasteiger partial charge in [0.15, 0.2) is 6.29 Å². The van der Waals surface area contributed by atoms with E-state index >= 15 is 0 Å². The molecule has 0 aromatic rings. The summed E-state index contributed by atoms with van der Waals surface area (Å²) in [6, 6.07) is -0.528. The Hall–Kier alpha value is -1.19.